The molecule has 0 amide bonds. The van der Waals surface area contributed by atoms with Gasteiger partial charge in [-0.05, 0) is 54.7 Å². The van der Waals surface area contributed by atoms with Crippen LogP contribution >= 0.6 is 0 Å². The quantitative estimate of drug-likeness (QED) is 0.518. The molecule has 0 aromatic heterocycles. The second kappa shape index (κ2) is 9.98. The molecule has 0 fully saturated rings. The van der Waals surface area contributed by atoms with Crippen molar-refractivity contribution < 1.29 is 24.2 Å². The Labute approximate surface area is 143 Å². The summed E-state index contributed by atoms with van der Waals surface area (Å²) in [5, 5.41) is 17.5. The van der Waals surface area contributed by atoms with E-state index in [1.807, 2.05) is 36.4 Å². The smallest absolute Gasteiger partial charge is 0.512 e. The van der Waals surface area contributed by atoms with Crippen molar-refractivity contribution in [3.05, 3.63) is 48.5 Å². The average Bonchev–Trinajstić information content (AvgIpc) is 2.59. The van der Waals surface area contributed by atoms with Crippen molar-refractivity contribution in [2.75, 3.05) is 20.3 Å². The molecule has 6 heteroatoms. The van der Waals surface area contributed by atoms with Crippen LogP contribution in [-0.4, -0.2) is 37.7 Å². The molecule has 2 aromatic carbocycles. The van der Waals surface area contributed by atoms with Gasteiger partial charge in [-0.15, -0.1) is 0 Å². The molecule has 0 aliphatic heterocycles. The summed E-state index contributed by atoms with van der Waals surface area (Å²) in [6.45, 7) is 1.51. The minimum atomic E-state index is -1.80. The zero-order valence-electron chi connectivity index (χ0n) is 13.9. The Morgan fingerprint density at radius 3 is 1.83 bits per heavy atom. The van der Waals surface area contributed by atoms with Crippen LogP contribution in [0.3, 0.4) is 0 Å². The summed E-state index contributed by atoms with van der Waals surface area (Å²) in [5.41, 5.74) is 2.07. The van der Waals surface area contributed by atoms with Crippen LogP contribution in [0.5, 0.6) is 11.5 Å². The Morgan fingerprint density at radius 2 is 1.29 bits per heavy atom. The molecule has 2 N–H and O–H groups in total. The summed E-state index contributed by atoms with van der Waals surface area (Å²) in [5.74, 6) is 1.26. The van der Waals surface area contributed by atoms with E-state index in [0.29, 0.717) is 12.4 Å². The number of rotatable bonds is 10. The van der Waals surface area contributed by atoms with Crippen LogP contribution in [0.2, 0.25) is 0 Å². The van der Waals surface area contributed by atoms with Crippen molar-refractivity contribution in [2.24, 2.45) is 0 Å². The first-order valence-corrected chi connectivity index (χ1v) is 8.04. The van der Waals surface area contributed by atoms with E-state index in [4.69, 9.17) is 24.2 Å². The number of unbranched alkanes of at least 4 members (excludes halogenated alkanes) is 2. The van der Waals surface area contributed by atoms with E-state index < -0.39 is 7.32 Å². The first kappa shape index (κ1) is 18.3. The molecule has 0 saturated heterocycles. The molecule has 0 aliphatic carbocycles. The lowest BCUT2D eigenvalue weighted by molar-refractivity contribution is 0.189. The van der Waals surface area contributed by atoms with Gasteiger partial charge in [-0.3, -0.25) is 0 Å². The standard InChI is InChI=1S/C18H23BO5/c1-22-13-3-2-4-14-23-17-9-5-15(6-10-17)16-7-11-18(12-8-16)24-19(20)21/h5-12,20-21H,2-4,13-14H2,1H3. The lowest BCUT2D eigenvalue weighted by atomic mass is 10.1. The van der Waals surface area contributed by atoms with Gasteiger partial charge >= 0.3 is 7.32 Å². The molecule has 2 aromatic rings. The van der Waals surface area contributed by atoms with Gasteiger partial charge in [-0.1, -0.05) is 24.3 Å². The second-order valence-corrected chi connectivity index (χ2v) is 5.39. The average molecular weight is 330 g/mol. The molecule has 0 atom stereocenters. The van der Waals surface area contributed by atoms with Crippen LogP contribution in [0, 0.1) is 0 Å². The fourth-order valence-electron chi connectivity index (χ4n) is 2.31. The fraction of sp³-hybridized carbons (Fsp3) is 0.333. The Balaban J connectivity index is 1.83. The van der Waals surface area contributed by atoms with Crippen molar-refractivity contribution in [2.45, 2.75) is 19.3 Å². The number of methoxy groups -OCH3 is 1. The van der Waals surface area contributed by atoms with Gasteiger partial charge in [0.1, 0.15) is 11.5 Å². The third-order valence-electron chi connectivity index (χ3n) is 3.54. The van der Waals surface area contributed by atoms with Crippen LogP contribution in [0.1, 0.15) is 19.3 Å². The minimum Gasteiger partial charge on any atom is -0.512 e. The van der Waals surface area contributed by atoms with Gasteiger partial charge in [0.25, 0.3) is 0 Å². The number of hydrogen-bond acceptors (Lipinski definition) is 5. The van der Waals surface area contributed by atoms with Crippen molar-refractivity contribution in [3.8, 4) is 22.6 Å². The molecular formula is C18H23BO5. The van der Waals surface area contributed by atoms with E-state index >= 15 is 0 Å². The fourth-order valence-corrected chi connectivity index (χ4v) is 2.31. The van der Waals surface area contributed by atoms with Gasteiger partial charge < -0.3 is 24.2 Å². The largest absolute Gasteiger partial charge is 0.707 e. The predicted octanol–water partition coefficient (Wildman–Crippen LogP) is 2.90. The molecular weight excluding hydrogens is 307 g/mol. The highest BCUT2D eigenvalue weighted by Gasteiger charge is 2.10. The first-order valence-electron chi connectivity index (χ1n) is 8.04. The Bertz CT molecular complexity index is 583. The zero-order chi connectivity index (χ0) is 17.2. The number of hydrogen-bond donors (Lipinski definition) is 2. The number of ether oxygens (including phenoxy) is 2. The highest BCUT2D eigenvalue weighted by atomic mass is 16.6. The van der Waals surface area contributed by atoms with Crippen molar-refractivity contribution >= 4 is 7.32 Å². The van der Waals surface area contributed by atoms with Crippen LogP contribution in [0.25, 0.3) is 11.1 Å². The first-order chi connectivity index (χ1) is 11.7. The molecule has 5 nitrogen and oxygen atoms in total. The lowest BCUT2D eigenvalue weighted by Gasteiger charge is -2.08. The molecule has 2 rings (SSSR count). The van der Waals surface area contributed by atoms with Crippen LogP contribution in [-0.2, 0) is 4.74 Å². The summed E-state index contributed by atoms with van der Waals surface area (Å²) < 4.78 is 15.5. The maximum absolute atomic E-state index is 8.77. The van der Waals surface area contributed by atoms with Gasteiger partial charge in [0.2, 0.25) is 0 Å². The monoisotopic (exact) mass is 330 g/mol. The summed E-state index contributed by atoms with van der Waals surface area (Å²) in [6.07, 6.45) is 3.18. The molecule has 0 unspecified atom stereocenters. The van der Waals surface area contributed by atoms with E-state index in [2.05, 4.69) is 0 Å². The van der Waals surface area contributed by atoms with Gasteiger partial charge in [0.15, 0.2) is 0 Å². The van der Waals surface area contributed by atoms with Crippen LogP contribution in [0.15, 0.2) is 48.5 Å². The van der Waals surface area contributed by atoms with Gasteiger partial charge in [-0.25, -0.2) is 0 Å². The SMILES string of the molecule is COCCCCCOc1ccc(-c2ccc(OB(O)O)cc2)cc1. The maximum Gasteiger partial charge on any atom is 0.707 e. The van der Waals surface area contributed by atoms with Gasteiger partial charge in [0, 0.05) is 13.7 Å². The normalized spacial score (nSPS) is 10.5. The van der Waals surface area contributed by atoms with Gasteiger partial charge in [-0.2, -0.15) is 0 Å². The molecule has 0 bridgehead atoms. The molecule has 0 spiro atoms. The van der Waals surface area contributed by atoms with E-state index in [9.17, 15) is 0 Å². The maximum atomic E-state index is 8.77. The molecule has 0 aliphatic rings. The molecule has 128 valence electrons. The summed E-state index contributed by atoms with van der Waals surface area (Å²) in [6, 6.07) is 15.0. The van der Waals surface area contributed by atoms with E-state index in [1.165, 1.54) is 0 Å². The predicted molar refractivity (Wildman–Crippen MR) is 93.9 cm³/mol. The van der Waals surface area contributed by atoms with E-state index in [1.54, 1.807) is 19.2 Å². The van der Waals surface area contributed by atoms with Crippen molar-refractivity contribution in [1.29, 1.82) is 0 Å². The highest BCUT2D eigenvalue weighted by Crippen LogP contribution is 2.24. The zero-order valence-corrected chi connectivity index (χ0v) is 13.9. The highest BCUT2D eigenvalue weighted by molar-refractivity contribution is 6.33. The second-order valence-electron chi connectivity index (χ2n) is 5.39. The summed E-state index contributed by atoms with van der Waals surface area (Å²) in [4.78, 5) is 0. The van der Waals surface area contributed by atoms with Crippen LogP contribution in [0.4, 0.5) is 0 Å². The molecule has 0 saturated carbocycles. The van der Waals surface area contributed by atoms with E-state index in [-0.39, 0.29) is 0 Å². The summed E-state index contributed by atoms with van der Waals surface area (Å²) in [7, 11) is -0.0870. The summed E-state index contributed by atoms with van der Waals surface area (Å²) >= 11 is 0. The number of benzene rings is 2. The van der Waals surface area contributed by atoms with E-state index in [0.717, 1.165) is 42.7 Å². The minimum absolute atomic E-state index is 0.405. The van der Waals surface area contributed by atoms with Crippen molar-refractivity contribution in [3.63, 3.8) is 0 Å². The topological polar surface area (TPSA) is 68.2 Å². The van der Waals surface area contributed by atoms with Gasteiger partial charge in [0.05, 0.1) is 6.61 Å². The lowest BCUT2D eigenvalue weighted by Crippen LogP contribution is -2.20. The molecule has 0 heterocycles. The van der Waals surface area contributed by atoms with Crippen LogP contribution < -0.4 is 9.39 Å². The third kappa shape index (κ3) is 6.24. The van der Waals surface area contributed by atoms with Crippen molar-refractivity contribution in [1.82, 2.24) is 0 Å². The third-order valence-corrected chi connectivity index (χ3v) is 3.54. The molecule has 0 radical (unpaired) electrons. The molecule has 24 heavy (non-hydrogen) atoms. The Kier molecular flexibility index (Phi) is 7.62. The Morgan fingerprint density at radius 1 is 0.750 bits per heavy atom. The Hall–Kier alpha value is -2.02.